The highest BCUT2D eigenvalue weighted by Crippen LogP contribution is 2.51. The number of H-pyrrole nitrogens is 1. The van der Waals surface area contributed by atoms with Gasteiger partial charge in [0.15, 0.2) is 5.82 Å². The lowest BCUT2D eigenvalue weighted by atomic mass is 9.96. The minimum Gasteiger partial charge on any atom is -0.478 e. The van der Waals surface area contributed by atoms with Crippen molar-refractivity contribution < 1.29 is 9.90 Å². The van der Waals surface area contributed by atoms with Crippen molar-refractivity contribution in [2.75, 3.05) is 0 Å². The fourth-order valence-electron chi connectivity index (χ4n) is 5.30. The van der Waals surface area contributed by atoms with E-state index >= 15 is 0 Å². The quantitative estimate of drug-likeness (QED) is 0.535. The van der Waals surface area contributed by atoms with Crippen molar-refractivity contribution >= 4 is 33.7 Å². The van der Waals surface area contributed by atoms with Crippen LogP contribution >= 0.6 is 0 Å². The molecule has 6 rings (SSSR count). The lowest BCUT2D eigenvalue weighted by molar-refractivity contribution is -0.133. The first-order valence-corrected chi connectivity index (χ1v) is 10.3. The zero-order chi connectivity index (χ0) is 20.6. The first-order valence-electron chi connectivity index (χ1n) is 10.3. The van der Waals surface area contributed by atoms with E-state index in [1.807, 2.05) is 43.2 Å². The summed E-state index contributed by atoms with van der Waals surface area (Å²) in [5, 5.41) is 11.8. The number of aliphatic carboxylic acids is 1. The van der Waals surface area contributed by atoms with Crippen molar-refractivity contribution in [3.63, 3.8) is 0 Å². The molecule has 4 aromatic heterocycles. The Hall–Kier alpha value is -3.48. The highest BCUT2D eigenvalue weighted by Gasteiger charge is 2.43. The number of fused-ring (bicyclic) bond motifs is 4. The summed E-state index contributed by atoms with van der Waals surface area (Å²) in [7, 11) is 0. The van der Waals surface area contributed by atoms with Crippen LogP contribution in [0.3, 0.4) is 0 Å². The Morgan fingerprint density at radius 2 is 2.00 bits per heavy atom. The third kappa shape index (κ3) is 2.32. The number of nitrogens with zero attached hydrogens (tertiary/aromatic N) is 4. The van der Waals surface area contributed by atoms with E-state index in [-0.39, 0.29) is 11.8 Å². The largest absolute Gasteiger partial charge is 0.478 e. The molecular formula is C23H21N5O2. The van der Waals surface area contributed by atoms with Gasteiger partial charge in [-0.2, -0.15) is 0 Å². The molecule has 1 fully saturated rings. The maximum absolute atomic E-state index is 12.0. The van der Waals surface area contributed by atoms with Gasteiger partial charge in [-0.3, -0.25) is 0 Å². The van der Waals surface area contributed by atoms with Crippen LogP contribution in [0.15, 0.2) is 36.4 Å². The van der Waals surface area contributed by atoms with E-state index in [9.17, 15) is 9.90 Å². The number of aromatic amines is 1. The molecule has 0 aliphatic heterocycles. The Kier molecular flexibility index (Phi) is 3.48. The Balaban J connectivity index is 1.59. The van der Waals surface area contributed by atoms with Crippen molar-refractivity contribution in [2.24, 2.45) is 11.8 Å². The van der Waals surface area contributed by atoms with E-state index in [4.69, 9.17) is 4.98 Å². The van der Waals surface area contributed by atoms with Gasteiger partial charge in [0.25, 0.3) is 0 Å². The summed E-state index contributed by atoms with van der Waals surface area (Å²) in [6.07, 6.45) is 10.5. The molecule has 0 saturated heterocycles. The Labute approximate surface area is 172 Å². The third-order valence-electron chi connectivity index (χ3n) is 6.65. The molecule has 7 nitrogen and oxygen atoms in total. The van der Waals surface area contributed by atoms with Gasteiger partial charge < -0.3 is 14.7 Å². The highest BCUT2D eigenvalue weighted by atomic mass is 16.4. The average Bonchev–Trinajstić information content (AvgIpc) is 3.49. The normalized spacial score (nSPS) is 20.7. The van der Waals surface area contributed by atoms with Gasteiger partial charge in [0, 0.05) is 52.7 Å². The predicted molar refractivity (Wildman–Crippen MR) is 114 cm³/mol. The molecule has 0 amide bonds. The average molecular weight is 399 g/mol. The molecule has 0 spiro atoms. The molecule has 2 aliphatic rings. The van der Waals surface area contributed by atoms with E-state index in [2.05, 4.69) is 21.0 Å². The molecule has 2 bridgehead atoms. The molecule has 7 heteroatoms. The van der Waals surface area contributed by atoms with E-state index in [1.165, 1.54) is 0 Å². The van der Waals surface area contributed by atoms with Gasteiger partial charge in [-0.25, -0.2) is 19.7 Å². The zero-order valence-electron chi connectivity index (χ0n) is 16.8. The Morgan fingerprint density at radius 3 is 2.83 bits per heavy atom. The van der Waals surface area contributed by atoms with Crippen molar-refractivity contribution in [1.82, 2.24) is 24.5 Å². The van der Waals surface area contributed by atoms with Crippen molar-refractivity contribution in [3.05, 3.63) is 47.6 Å². The van der Waals surface area contributed by atoms with Crippen molar-refractivity contribution in [3.8, 4) is 11.4 Å². The molecule has 2 atom stereocenters. The van der Waals surface area contributed by atoms with Crippen LogP contribution in [0, 0.1) is 25.7 Å². The monoisotopic (exact) mass is 399 g/mol. The third-order valence-corrected chi connectivity index (χ3v) is 6.65. The summed E-state index contributed by atoms with van der Waals surface area (Å²) in [6.45, 7) is 4.03. The summed E-state index contributed by atoms with van der Waals surface area (Å²) < 4.78 is 2.02. The summed E-state index contributed by atoms with van der Waals surface area (Å²) in [4.78, 5) is 29.2. The minimum absolute atomic E-state index is 0.157. The maximum atomic E-state index is 12.0. The maximum Gasteiger partial charge on any atom is 0.333 e. The number of carboxylic acids is 1. The number of hydrogen-bond acceptors (Lipinski definition) is 4. The fourth-order valence-corrected chi connectivity index (χ4v) is 5.30. The predicted octanol–water partition coefficient (Wildman–Crippen LogP) is 4.32. The second kappa shape index (κ2) is 6.01. The molecule has 2 aliphatic carbocycles. The number of carboxylic acid groups (broad SMARTS) is 1. The van der Waals surface area contributed by atoms with Crippen LogP contribution in [0.2, 0.25) is 0 Å². The summed E-state index contributed by atoms with van der Waals surface area (Å²) in [5.41, 5.74) is 6.07. The number of rotatable bonds is 3. The summed E-state index contributed by atoms with van der Waals surface area (Å²) in [5.74, 6) is 0.254. The molecular weight excluding hydrogens is 378 g/mol. The lowest BCUT2D eigenvalue weighted by Gasteiger charge is -2.19. The number of allylic oxidation sites excluding steroid dienone is 1. The van der Waals surface area contributed by atoms with Gasteiger partial charge in [-0.15, -0.1) is 0 Å². The van der Waals surface area contributed by atoms with Crippen LogP contribution in [0.25, 0.3) is 39.2 Å². The molecule has 4 heterocycles. The van der Waals surface area contributed by atoms with Crippen LogP contribution in [-0.2, 0) is 4.79 Å². The van der Waals surface area contributed by atoms with Gasteiger partial charge in [-0.05, 0) is 56.2 Å². The van der Waals surface area contributed by atoms with Crippen LogP contribution in [0.1, 0.15) is 30.4 Å². The standard InChI is InChI=1S/C23H21N5O2/c1-11-5-15-17(9-25-20(15)24-7-11)21-26-8-16-12(2)10-28(22(16)27-21)19-14-4-3-13(6-14)18(19)23(29)30/h5,7-10,13-14H,3-4,6H2,1-2H3,(H,24,25)(H,29,30). The van der Waals surface area contributed by atoms with E-state index in [1.54, 1.807) is 0 Å². The van der Waals surface area contributed by atoms with Gasteiger partial charge in [0.1, 0.15) is 11.3 Å². The topological polar surface area (TPSA) is 96.7 Å². The Bertz CT molecular complexity index is 1390. The molecule has 2 N–H and O–H groups in total. The summed E-state index contributed by atoms with van der Waals surface area (Å²) >= 11 is 0. The molecule has 0 aromatic carbocycles. The molecule has 1 saturated carbocycles. The number of aryl methyl sites for hydroxylation is 2. The smallest absolute Gasteiger partial charge is 0.333 e. The first kappa shape index (κ1) is 17.4. The molecule has 4 aromatic rings. The highest BCUT2D eigenvalue weighted by molar-refractivity contribution is 5.98. The number of carbonyl (C=O) groups is 1. The van der Waals surface area contributed by atoms with E-state index < -0.39 is 5.97 Å². The van der Waals surface area contributed by atoms with Gasteiger partial charge in [-0.1, -0.05) is 0 Å². The second-order valence-electron chi connectivity index (χ2n) is 8.54. The van der Waals surface area contributed by atoms with Crippen molar-refractivity contribution in [1.29, 1.82) is 0 Å². The zero-order valence-corrected chi connectivity index (χ0v) is 16.8. The molecule has 0 radical (unpaired) electrons. The summed E-state index contributed by atoms with van der Waals surface area (Å²) in [6, 6.07) is 2.08. The second-order valence-corrected chi connectivity index (χ2v) is 8.54. The molecule has 2 unspecified atom stereocenters. The van der Waals surface area contributed by atoms with Gasteiger partial charge in [0.05, 0.1) is 5.57 Å². The van der Waals surface area contributed by atoms with Crippen molar-refractivity contribution in [2.45, 2.75) is 33.1 Å². The SMILES string of the molecule is Cc1cnc2[nH]cc(-c3ncc4c(C)cn(C5=C(C(=O)O)C6CCC5C6)c4n3)c2c1. The van der Waals surface area contributed by atoms with Crippen LogP contribution in [-0.4, -0.2) is 35.6 Å². The number of hydrogen-bond donors (Lipinski definition) is 2. The van der Waals surface area contributed by atoms with Gasteiger partial charge in [0.2, 0.25) is 0 Å². The first-order chi connectivity index (χ1) is 14.5. The number of nitrogens with one attached hydrogen (secondary N) is 1. The minimum atomic E-state index is -0.802. The van der Waals surface area contributed by atoms with E-state index in [0.717, 1.165) is 63.7 Å². The van der Waals surface area contributed by atoms with Crippen LogP contribution < -0.4 is 0 Å². The number of pyridine rings is 1. The van der Waals surface area contributed by atoms with Crippen LogP contribution in [0.5, 0.6) is 0 Å². The van der Waals surface area contributed by atoms with E-state index in [0.29, 0.717) is 11.4 Å². The van der Waals surface area contributed by atoms with Gasteiger partial charge >= 0.3 is 5.97 Å². The Morgan fingerprint density at radius 1 is 1.17 bits per heavy atom. The fraction of sp³-hybridized carbons (Fsp3) is 0.304. The molecule has 150 valence electrons. The van der Waals surface area contributed by atoms with Crippen LogP contribution in [0.4, 0.5) is 0 Å². The lowest BCUT2D eigenvalue weighted by Crippen LogP contribution is -2.15. The number of aromatic nitrogens is 5. The molecule has 30 heavy (non-hydrogen) atoms.